The van der Waals surface area contributed by atoms with E-state index in [0.29, 0.717) is 5.88 Å². The van der Waals surface area contributed by atoms with Crippen LogP contribution in [0.5, 0.6) is 5.75 Å². The first kappa shape index (κ1) is 14.9. The number of alkyl halides is 1. The van der Waals surface area contributed by atoms with Gasteiger partial charge in [-0.2, -0.15) is 0 Å². The van der Waals surface area contributed by atoms with Crippen LogP contribution in [0.25, 0.3) is 0 Å². The molecule has 1 N–H and O–H groups in total. The standard InChI is InChI=1S/C17H20ClNO/c1-20-17-9-5-8-15(11-17)13-19-16(12-18)10-14-6-3-2-4-7-14/h2-9,11,16,19H,10,12-13H2,1H3. The Morgan fingerprint density at radius 1 is 1.05 bits per heavy atom. The van der Waals surface area contributed by atoms with Crippen molar-refractivity contribution in [2.45, 2.75) is 19.0 Å². The smallest absolute Gasteiger partial charge is 0.119 e. The fourth-order valence-electron chi connectivity index (χ4n) is 2.12. The molecule has 2 aromatic carbocycles. The molecule has 106 valence electrons. The number of benzene rings is 2. The molecule has 0 radical (unpaired) electrons. The minimum atomic E-state index is 0.269. The second-order valence-corrected chi connectivity index (χ2v) is 5.08. The Morgan fingerprint density at radius 2 is 1.80 bits per heavy atom. The molecule has 0 aliphatic rings. The van der Waals surface area contributed by atoms with Crippen LogP contribution in [0, 0.1) is 0 Å². The molecule has 1 unspecified atom stereocenters. The molecule has 0 bridgehead atoms. The van der Waals surface area contributed by atoms with Crippen LogP contribution in [-0.4, -0.2) is 19.0 Å². The number of ether oxygens (including phenoxy) is 1. The summed E-state index contributed by atoms with van der Waals surface area (Å²) in [5.41, 5.74) is 2.50. The number of halogens is 1. The molecule has 1 atom stereocenters. The fourth-order valence-corrected chi connectivity index (χ4v) is 2.34. The third kappa shape index (κ3) is 4.55. The SMILES string of the molecule is COc1cccc(CNC(CCl)Cc2ccccc2)c1. The van der Waals surface area contributed by atoms with Gasteiger partial charge in [-0.1, -0.05) is 42.5 Å². The average molecular weight is 290 g/mol. The Labute approximate surface area is 125 Å². The van der Waals surface area contributed by atoms with Crippen molar-refractivity contribution in [3.8, 4) is 5.75 Å². The van der Waals surface area contributed by atoms with E-state index >= 15 is 0 Å². The molecule has 0 saturated carbocycles. The summed E-state index contributed by atoms with van der Waals surface area (Å²) < 4.78 is 5.23. The zero-order chi connectivity index (χ0) is 14.2. The molecule has 0 aliphatic heterocycles. The van der Waals surface area contributed by atoms with E-state index in [-0.39, 0.29) is 6.04 Å². The monoisotopic (exact) mass is 289 g/mol. The Kier molecular flexibility index (Phi) is 5.90. The van der Waals surface area contributed by atoms with Crippen LogP contribution in [0.3, 0.4) is 0 Å². The van der Waals surface area contributed by atoms with Crippen molar-refractivity contribution < 1.29 is 4.74 Å². The maximum absolute atomic E-state index is 6.06. The van der Waals surface area contributed by atoms with Gasteiger partial charge in [-0.15, -0.1) is 11.6 Å². The van der Waals surface area contributed by atoms with Gasteiger partial charge in [-0.05, 0) is 29.7 Å². The molecule has 0 spiro atoms. The topological polar surface area (TPSA) is 21.3 Å². The lowest BCUT2D eigenvalue weighted by Gasteiger charge is -2.16. The summed E-state index contributed by atoms with van der Waals surface area (Å²) in [6.45, 7) is 0.793. The minimum Gasteiger partial charge on any atom is -0.497 e. The van der Waals surface area contributed by atoms with Gasteiger partial charge in [0.25, 0.3) is 0 Å². The molecule has 2 rings (SSSR count). The first-order chi connectivity index (χ1) is 9.81. The summed E-state index contributed by atoms with van der Waals surface area (Å²) in [4.78, 5) is 0. The van der Waals surface area contributed by atoms with Crippen LogP contribution < -0.4 is 10.1 Å². The van der Waals surface area contributed by atoms with Crippen LogP contribution in [0.4, 0.5) is 0 Å². The van der Waals surface area contributed by atoms with Gasteiger partial charge in [0, 0.05) is 18.5 Å². The molecule has 0 saturated heterocycles. The Morgan fingerprint density at radius 3 is 2.50 bits per heavy atom. The number of methoxy groups -OCH3 is 1. The minimum absolute atomic E-state index is 0.269. The van der Waals surface area contributed by atoms with Crippen LogP contribution in [-0.2, 0) is 13.0 Å². The van der Waals surface area contributed by atoms with Crippen molar-refractivity contribution >= 4 is 11.6 Å². The molecule has 0 aliphatic carbocycles. The van der Waals surface area contributed by atoms with E-state index in [1.807, 2.05) is 24.3 Å². The van der Waals surface area contributed by atoms with Gasteiger partial charge in [0.1, 0.15) is 5.75 Å². The number of hydrogen-bond donors (Lipinski definition) is 1. The lowest BCUT2D eigenvalue weighted by Crippen LogP contribution is -2.32. The van der Waals surface area contributed by atoms with E-state index in [2.05, 4.69) is 35.6 Å². The Hall–Kier alpha value is -1.51. The van der Waals surface area contributed by atoms with E-state index in [1.54, 1.807) is 7.11 Å². The van der Waals surface area contributed by atoms with E-state index in [4.69, 9.17) is 16.3 Å². The first-order valence-electron chi connectivity index (χ1n) is 6.78. The third-order valence-electron chi connectivity index (χ3n) is 3.24. The van der Waals surface area contributed by atoms with Crippen LogP contribution in [0.1, 0.15) is 11.1 Å². The molecule has 0 amide bonds. The highest BCUT2D eigenvalue weighted by Crippen LogP contribution is 2.13. The van der Waals surface area contributed by atoms with Gasteiger partial charge in [0.2, 0.25) is 0 Å². The van der Waals surface area contributed by atoms with Crippen molar-refractivity contribution in [3.63, 3.8) is 0 Å². The van der Waals surface area contributed by atoms with Gasteiger partial charge in [-0.25, -0.2) is 0 Å². The molecule has 0 fully saturated rings. The molecule has 3 heteroatoms. The molecule has 0 aromatic heterocycles. The fraction of sp³-hybridized carbons (Fsp3) is 0.294. The summed E-state index contributed by atoms with van der Waals surface area (Å²) in [5, 5.41) is 3.50. The summed E-state index contributed by atoms with van der Waals surface area (Å²) in [7, 11) is 1.68. The second-order valence-electron chi connectivity index (χ2n) is 4.77. The predicted molar refractivity (Wildman–Crippen MR) is 84.5 cm³/mol. The zero-order valence-corrected chi connectivity index (χ0v) is 12.4. The van der Waals surface area contributed by atoms with E-state index in [9.17, 15) is 0 Å². The van der Waals surface area contributed by atoms with Gasteiger partial charge in [0.15, 0.2) is 0 Å². The Bertz CT molecular complexity index is 515. The van der Waals surface area contributed by atoms with Crippen molar-refractivity contribution in [2.24, 2.45) is 0 Å². The normalized spacial score (nSPS) is 12.1. The summed E-state index contributed by atoms with van der Waals surface area (Å²) >= 11 is 6.06. The average Bonchev–Trinajstić information content (AvgIpc) is 2.52. The molecule has 2 nitrogen and oxygen atoms in total. The van der Waals surface area contributed by atoms with Gasteiger partial charge < -0.3 is 10.1 Å². The summed E-state index contributed by atoms with van der Waals surface area (Å²) in [6, 6.07) is 18.8. The maximum Gasteiger partial charge on any atom is 0.119 e. The number of nitrogens with one attached hydrogen (secondary N) is 1. The predicted octanol–water partition coefficient (Wildman–Crippen LogP) is 3.63. The Balaban J connectivity index is 1.90. The lowest BCUT2D eigenvalue weighted by molar-refractivity contribution is 0.414. The van der Waals surface area contributed by atoms with E-state index < -0.39 is 0 Å². The molecular formula is C17H20ClNO. The van der Waals surface area contributed by atoms with E-state index in [0.717, 1.165) is 18.7 Å². The van der Waals surface area contributed by atoms with Crippen LogP contribution in [0.15, 0.2) is 54.6 Å². The largest absolute Gasteiger partial charge is 0.497 e. The van der Waals surface area contributed by atoms with Gasteiger partial charge in [-0.3, -0.25) is 0 Å². The van der Waals surface area contributed by atoms with Gasteiger partial charge >= 0.3 is 0 Å². The molecular weight excluding hydrogens is 270 g/mol. The number of hydrogen-bond acceptors (Lipinski definition) is 2. The van der Waals surface area contributed by atoms with Crippen molar-refractivity contribution in [1.82, 2.24) is 5.32 Å². The highest BCUT2D eigenvalue weighted by molar-refractivity contribution is 6.18. The summed E-state index contributed by atoms with van der Waals surface area (Å²) in [6.07, 6.45) is 0.939. The van der Waals surface area contributed by atoms with Crippen LogP contribution in [0.2, 0.25) is 0 Å². The van der Waals surface area contributed by atoms with Crippen molar-refractivity contribution in [2.75, 3.05) is 13.0 Å². The van der Waals surface area contributed by atoms with Crippen molar-refractivity contribution in [1.29, 1.82) is 0 Å². The molecule has 20 heavy (non-hydrogen) atoms. The number of rotatable bonds is 7. The first-order valence-corrected chi connectivity index (χ1v) is 7.31. The van der Waals surface area contributed by atoms with Gasteiger partial charge in [0.05, 0.1) is 7.11 Å². The molecule has 2 aromatic rings. The second kappa shape index (κ2) is 7.93. The molecule has 0 heterocycles. The highest BCUT2D eigenvalue weighted by atomic mass is 35.5. The van der Waals surface area contributed by atoms with E-state index in [1.165, 1.54) is 11.1 Å². The summed E-state index contributed by atoms with van der Waals surface area (Å²) in [5.74, 6) is 1.48. The highest BCUT2D eigenvalue weighted by Gasteiger charge is 2.08. The van der Waals surface area contributed by atoms with Crippen molar-refractivity contribution in [3.05, 3.63) is 65.7 Å². The van der Waals surface area contributed by atoms with Crippen LogP contribution >= 0.6 is 11.6 Å². The lowest BCUT2D eigenvalue weighted by atomic mass is 10.1. The zero-order valence-electron chi connectivity index (χ0n) is 11.7. The maximum atomic E-state index is 6.06. The third-order valence-corrected chi connectivity index (χ3v) is 3.61. The quantitative estimate of drug-likeness (QED) is 0.786.